The number of nitrogens with zero attached hydrogens (tertiary/aromatic N) is 2. The van der Waals surface area contributed by atoms with Crippen LogP contribution in [0.1, 0.15) is 45.9 Å². The molecule has 3 N–H and O–H groups in total. The molecule has 1 unspecified atom stereocenters. The van der Waals surface area contributed by atoms with Gasteiger partial charge in [0.25, 0.3) is 0 Å². The summed E-state index contributed by atoms with van der Waals surface area (Å²) in [6.07, 6.45) is 3.81. The molecule has 0 aliphatic heterocycles. The predicted molar refractivity (Wildman–Crippen MR) is 84.2 cm³/mol. The van der Waals surface area contributed by atoms with Gasteiger partial charge in [-0.3, -0.25) is 0 Å². The standard InChI is InChI=1S/C15H28N4O/c1-4-6-13-18-14(16-8-5-2)10-15(19-13)17-11-12(3)7-9-20/h10,12,20H,4-9,11H2,1-3H3,(H2,16,17,18,19). The van der Waals surface area contributed by atoms with Gasteiger partial charge in [0.1, 0.15) is 17.5 Å². The van der Waals surface area contributed by atoms with E-state index in [4.69, 9.17) is 5.11 Å². The molecule has 0 aliphatic rings. The van der Waals surface area contributed by atoms with Crippen LogP contribution in [0.15, 0.2) is 6.07 Å². The lowest BCUT2D eigenvalue weighted by Gasteiger charge is -2.14. The van der Waals surface area contributed by atoms with Gasteiger partial charge >= 0.3 is 0 Å². The van der Waals surface area contributed by atoms with Crippen molar-refractivity contribution < 1.29 is 5.11 Å². The van der Waals surface area contributed by atoms with Crippen LogP contribution in [-0.4, -0.2) is 34.8 Å². The first-order valence-corrected chi connectivity index (χ1v) is 7.66. The Bertz CT molecular complexity index is 384. The van der Waals surface area contributed by atoms with Crippen molar-refractivity contribution in [2.24, 2.45) is 5.92 Å². The van der Waals surface area contributed by atoms with Crippen molar-refractivity contribution in [3.05, 3.63) is 11.9 Å². The summed E-state index contributed by atoms with van der Waals surface area (Å²) in [5.41, 5.74) is 0. The largest absolute Gasteiger partial charge is 0.396 e. The molecule has 1 aromatic rings. The van der Waals surface area contributed by atoms with Crippen molar-refractivity contribution >= 4 is 11.6 Å². The average molecular weight is 280 g/mol. The van der Waals surface area contributed by atoms with Crippen molar-refractivity contribution in [2.75, 3.05) is 30.3 Å². The van der Waals surface area contributed by atoms with E-state index in [1.54, 1.807) is 0 Å². The first-order valence-electron chi connectivity index (χ1n) is 7.66. The Labute approximate surface area is 122 Å². The third-order valence-electron chi connectivity index (χ3n) is 3.06. The molecule has 0 fully saturated rings. The number of hydrogen-bond acceptors (Lipinski definition) is 5. The van der Waals surface area contributed by atoms with Gasteiger partial charge in [-0.25, -0.2) is 9.97 Å². The lowest BCUT2D eigenvalue weighted by molar-refractivity contribution is 0.266. The van der Waals surface area contributed by atoms with E-state index < -0.39 is 0 Å². The van der Waals surface area contributed by atoms with Crippen LogP contribution in [0.25, 0.3) is 0 Å². The molecule has 0 spiro atoms. The van der Waals surface area contributed by atoms with Crippen LogP contribution in [0, 0.1) is 5.92 Å². The van der Waals surface area contributed by atoms with Crippen molar-refractivity contribution in [1.82, 2.24) is 9.97 Å². The molecule has 1 heterocycles. The molecule has 0 aliphatic carbocycles. The second-order valence-corrected chi connectivity index (χ2v) is 5.23. The van der Waals surface area contributed by atoms with E-state index in [1.807, 2.05) is 6.07 Å². The summed E-state index contributed by atoms with van der Waals surface area (Å²) < 4.78 is 0. The van der Waals surface area contributed by atoms with Gasteiger partial charge in [-0.1, -0.05) is 20.8 Å². The smallest absolute Gasteiger partial charge is 0.133 e. The Kier molecular flexibility index (Phi) is 7.95. The topological polar surface area (TPSA) is 70.1 Å². The average Bonchev–Trinajstić information content (AvgIpc) is 2.43. The van der Waals surface area contributed by atoms with Crippen molar-refractivity contribution in [3.63, 3.8) is 0 Å². The normalized spacial score (nSPS) is 12.2. The Hall–Kier alpha value is -1.36. The third kappa shape index (κ3) is 6.19. The van der Waals surface area contributed by atoms with Crippen molar-refractivity contribution in [2.45, 2.75) is 46.5 Å². The molecule has 0 radical (unpaired) electrons. The SMILES string of the molecule is CCCNc1cc(NCC(C)CCO)nc(CCC)n1. The Morgan fingerprint density at radius 2 is 1.85 bits per heavy atom. The van der Waals surface area contributed by atoms with Crippen molar-refractivity contribution in [1.29, 1.82) is 0 Å². The second-order valence-electron chi connectivity index (χ2n) is 5.23. The second kappa shape index (κ2) is 9.53. The highest BCUT2D eigenvalue weighted by molar-refractivity contribution is 5.47. The molecular formula is C15H28N4O. The van der Waals surface area contributed by atoms with Crippen LogP contribution in [0.4, 0.5) is 11.6 Å². The Morgan fingerprint density at radius 1 is 1.15 bits per heavy atom. The summed E-state index contributed by atoms with van der Waals surface area (Å²) in [4.78, 5) is 9.06. The molecule has 0 bridgehead atoms. The summed E-state index contributed by atoms with van der Waals surface area (Å²) in [7, 11) is 0. The van der Waals surface area contributed by atoms with Crippen LogP contribution >= 0.6 is 0 Å². The van der Waals surface area contributed by atoms with Gasteiger partial charge in [0, 0.05) is 32.2 Å². The van der Waals surface area contributed by atoms with Gasteiger partial charge in [0.15, 0.2) is 0 Å². The lowest BCUT2D eigenvalue weighted by Crippen LogP contribution is -2.15. The van der Waals surface area contributed by atoms with E-state index in [2.05, 4.69) is 41.4 Å². The quantitative estimate of drug-likeness (QED) is 0.615. The van der Waals surface area contributed by atoms with Crippen LogP contribution in [-0.2, 0) is 6.42 Å². The molecule has 1 rings (SSSR count). The van der Waals surface area contributed by atoms with Crippen LogP contribution in [0.2, 0.25) is 0 Å². The summed E-state index contributed by atoms with van der Waals surface area (Å²) in [6.45, 7) is 8.35. The number of nitrogens with one attached hydrogen (secondary N) is 2. The van der Waals surface area contributed by atoms with Gasteiger partial charge in [0.2, 0.25) is 0 Å². The molecule has 1 aromatic heterocycles. The Morgan fingerprint density at radius 3 is 2.45 bits per heavy atom. The van der Waals surface area contributed by atoms with E-state index in [9.17, 15) is 0 Å². The maximum absolute atomic E-state index is 8.93. The zero-order chi connectivity index (χ0) is 14.8. The lowest BCUT2D eigenvalue weighted by atomic mass is 10.1. The van der Waals surface area contributed by atoms with Gasteiger partial charge in [-0.15, -0.1) is 0 Å². The summed E-state index contributed by atoms with van der Waals surface area (Å²) in [6, 6.07) is 1.96. The van der Waals surface area contributed by atoms with Crippen LogP contribution in [0.5, 0.6) is 0 Å². The summed E-state index contributed by atoms with van der Waals surface area (Å²) in [5, 5.41) is 15.6. The number of aryl methyl sites for hydroxylation is 1. The zero-order valence-corrected chi connectivity index (χ0v) is 12.9. The van der Waals surface area contributed by atoms with E-state index in [-0.39, 0.29) is 6.61 Å². The first kappa shape index (κ1) is 16.7. The minimum atomic E-state index is 0.233. The fraction of sp³-hybridized carbons (Fsp3) is 0.733. The van der Waals surface area contributed by atoms with E-state index in [1.165, 1.54) is 0 Å². The number of aliphatic hydroxyl groups is 1. The molecule has 5 nitrogen and oxygen atoms in total. The third-order valence-corrected chi connectivity index (χ3v) is 3.06. The minimum Gasteiger partial charge on any atom is -0.396 e. The van der Waals surface area contributed by atoms with Crippen LogP contribution in [0.3, 0.4) is 0 Å². The molecule has 0 aromatic carbocycles. The fourth-order valence-corrected chi connectivity index (χ4v) is 1.87. The first-order chi connectivity index (χ1) is 9.69. The van der Waals surface area contributed by atoms with Crippen LogP contribution < -0.4 is 10.6 Å². The molecular weight excluding hydrogens is 252 g/mol. The molecule has 0 saturated carbocycles. The van der Waals surface area contributed by atoms with Gasteiger partial charge < -0.3 is 15.7 Å². The Balaban J connectivity index is 2.69. The van der Waals surface area contributed by atoms with E-state index in [0.29, 0.717) is 5.92 Å². The highest BCUT2D eigenvalue weighted by Gasteiger charge is 2.06. The molecule has 114 valence electrons. The zero-order valence-electron chi connectivity index (χ0n) is 12.9. The molecule has 20 heavy (non-hydrogen) atoms. The predicted octanol–water partition coefficient (Wildman–Crippen LogP) is 2.68. The highest BCUT2D eigenvalue weighted by Crippen LogP contribution is 2.13. The number of aromatic nitrogens is 2. The summed E-state index contributed by atoms with van der Waals surface area (Å²) in [5.74, 6) is 3.07. The number of anilines is 2. The van der Waals surface area contributed by atoms with E-state index in [0.717, 1.165) is 56.2 Å². The van der Waals surface area contributed by atoms with Crippen molar-refractivity contribution in [3.8, 4) is 0 Å². The number of rotatable bonds is 10. The van der Waals surface area contributed by atoms with Gasteiger partial charge in [0.05, 0.1) is 0 Å². The number of hydrogen-bond donors (Lipinski definition) is 3. The summed E-state index contributed by atoms with van der Waals surface area (Å²) >= 11 is 0. The van der Waals surface area contributed by atoms with E-state index >= 15 is 0 Å². The molecule has 0 saturated heterocycles. The van der Waals surface area contributed by atoms with Gasteiger partial charge in [-0.05, 0) is 25.2 Å². The monoisotopic (exact) mass is 280 g/mol. The highest BCUT2D eigenvalue weighted by atomic mass is 16.3. The minimum absolute atomic E-state index is 0.233. The number of aliphatic hydroxyl groups excluding tert-OH is 1. The molecule has 5 heteroatoms. The molecule has 0 amide bonds. The fourth-order valence-electron chi connectivity index (χ4n) is 1.87. The molecule has 1 atom stereocenters. The maximum Gasteiger partial charge on any atom is 0.133 e. The van der Waals surface area contributed by atoms with Gasteiger partial charge in [-0.2, -0.15) is 0 Å². The maximum atomic E-state index is 8.93.